The number of phenolic OH excluding ortho intramolecular Hbond substituents is 2. The van der Waals surface area contributed by atoms with Gasteiger partial charge in [0.2, 0.25) is 17.8 Å². The molecule has 0 fully saturated rings. The molecule has 2 aromatic rings. The fourth-order valence-electron chi connectivity index (χ4n) is 1.37. The number of rotatable bonds is 3. The summed E-state index contributed by atoms with van der Waals surface area (Å²) in [4.78, 5) is 13.7. The van der Waals surface area contributed by atoms with Gasteiger partial charge in [-0.2, -0.15) is 15.0 Å². The van der Waals surface area contributed by atoms with Crippen molar-refractivity contribution in [2.24, 2.45) is 0 Å². The van der Waals surface area contributed by atoms with Crippen molar-refractivity contribution in [1.29, 1.82) is 0 Å². The van der Waals surface area contributed by atoms with Gasteiger partial charge >= 0.3 is 0 Å². The summed E-state index contributed by atoms with van der Waals surface area (Å²) in [6, 6.07) is 4.28. The predicted molar refractivity (Wildman–Crippen MR) is 71.6 cm³/mol. The van der Waals surface area contributed by atoms with Gasteiger partial charge in [-0.25, -0.2) is 0 Å². The number of anilines is 4. The standard InChI is InChI=1S/C11H14N6O2/c1-17(2)11-15-9(12)14-10(16-11)13-6-3-4-7(18)8(19)5-6/h3-5,18-19H,1-2H3,(H3,12,13,14,15,16). The van der Waals surface area contributed by atoms with Crippen LogP contribution in [0.2, 0.25) is 0 Å². The smallest absolute Gasteiger partial charge is 0.233 e. The summed E-state index contributed by atoms with van der Waals surface area (Å²) in [5.74, 6) is 0.318. The Kier molecular flexibility index (Phi) is 3.23. The lowest BCUT2D eigenvalue weighted by atomic mass is 10.3. The molecular weight excluding hydrogens is 248 g/mol. The van der Waals surface area contributed by atoms with E-state index in [9.17, 15) is 10.2 Å². The molecule has 8 nitrogen and oxygen atoms in total. The molecule has 0 aliphatic rings. The third-order valence-electron chi connectivity index (χ3n) is 2.27. The van der Waals surface area contributed by atoms with Gasteiger partial charge in [0.15, 0.2) is 11.5 Å². The Bertz CT molecular complexity index is 602. The third kappa shape index (κ3) is 2.92. The van der Waals surface area contributed by atoms with Crippen LogP contribution in [0, 0.1) is 0 Å². The van der Waals surface area contributed by atoms with E-state index in [1.807, 2.05) is 0 Å². The first-order valence-electron chi connectivity index (χ1n) is 5.43. The van der Waals surface area contributed by atoms with E-state index in [4.69, 9.17) is 5.73 Å². The SMILES string of the molecule is CN(C)c1nc(N)nc(Nc2ccc(O)c(O)c2)n1. The normalized spacial score (nSPS) is 10.2. The van der Waals surface area contributed by atoms with Crippen molar-refractivity contribution in [1.82, 2.24) is 15.0 Å². The number of nitrogens with one attached hydrogen (secondary N) is 1. The monoisotopic (exact) mass is 262 g/mol. The van der Waals surface area contributed by atoms with Gasteiger partial charge in [-0.1, -0.05) is 0 Å². The van der Waals surface area contributed by atoms with Crippen molar-refractivity contribution in [3.8, 4) is 11.5 Å². The zero-order valence-corrected chi connectivity index (χ0v) is 10.5. The summed E-state index contributed by atoms with van der Waals surface area (Å²) in [7, 11) is 3.57. The topological polar surface area (TPSA) is 120 Å². The van der Waals surface area contributed by atoms with Crippen molar-refractivity contribution < 1.29 is 10.2 Å². The highest BCUT2D eigenvalue weighted by Crippen LogP contribution is 2.28. The number of hydrogen-bond acceptors (Lipinski definition) is 8. The van der Waals surface area contributed by atoms with Gasteiger partial charge in [-0.3, -0.25) is 0 Å². The summed E-state index contributed by atoms with van der Waals surface area (Å²) in [5.41, 5.74) is 6.11. The molecule has 5 N–H and O–H groups in total. The van der Waals surface area contributed by atoms with E-state index in [1.165, 1.54) is 12.1 Å². The molecule has 0 bridgehead atoms. The summed E-state index contributed by atoms with van der Waals surface area (Å²) in [6.07, 6.45) is 0. The van der Waals surface area contributed by atoms with Crippen LogP contribution in [0.5, 0.6) is 11.5 Å². The number of phenols is 2. The molecular formula is C11H14N6O2. The number of nitrogens with two attached hydrogens (primary N) is 1. The molecule has 0 aliphatic heterocycles. The van der Waals surface area contributed by atoms with E-state index in [0.29, 0.717) is 11.6 Å². The molecule has 0 atom stereocenters. The van der Waals surface area contributed by atoms with Crippen molar-refractivity contribution in [3.05, 3.63) is 18.2 Å². The fraction of sp³-hybridized carbons (Fsp3) is 0.182. The summed E-state index contributed by atoms with van der Waals surface area (Å²) < 4.78 is 0. The van der Waals surface area contributed by atoms with Crippen LogP contribution in [0.4, 0.5) is 23.5 Å². The molecule has 1 heterocycles. The summed E-state index contributed by atoms with van der Waals surface area (Å²) >= 11 is 0. The second-order valence-corrected chi connectivity index (χ2v) is 4.04. The van der Waals surface area contributed by atoms with Crippen molar-refractivity contribution in [2.75, 3.05) is 30.0 Å². The van der Waals surface area contributed by atoms with Gasteiger partial charge in [-0.15, -0.1) is 0 Å². The van der Waals surface area contributed by atoms with Crippen LogP contribution in [-0.4, -0.2) is 39.3 Å². The molecule has 0 saturated carbocycles. The first-order valence-corrected chi connectivity index (χ1v) is 5.43. The van der Waals surface area contributed by atoms with Gasteiger partial charge in [0.05, 0.1) is 0 Å². The van der Waals surface area contributed by atoms with Crippen molar-refractivity contribution in [3.63, 3.8) is 0 Å². The third-order valence-corrected chi connectivity index (χ3v) is 2.27. The zero-order chi connectivity index (χ0) is 14.0. The molecule has 1 aromatic carbocycles. The van der Waals surface area contributed by atoms with Crippen LogP contribution in [0.25, 0.3) is 0 Å². The molecule has 100 valence electrons. The first kappa shape index (κ1) is 12.7. The van der Waals surface area contributed by atoms with E-state index < -0.39 is 0 Å². The molecule has 0 unspecified atom stereocenters. The minimum atomic E-state index is -0.236. The molecule has 19 heavy (non-hydrogen) atoms. The highest BCUT2D eigenvalue weighted by atomic mass is 16.3. The maximum absolute atomic E-state index is 9.40. The number of nitrogen functional groups attached to an aromatic ring is 1. The Balaban J connectivity index is 2.29. The lowest BCUT2D eigenvalue weighted by Crippen LogP contribution is -2.15. The highest BCUT2D eigenvalue weighted by Gasteiger charge is 2.07. The van der Waals surface area contributed by atoms with Gasteiger partial charge in [0.25, 0.3) is 0 Å². The minimum Gasteiger partial charge on any atom is -0.504 e. The Morgan fingerprint density at radius 1 is 1.11 bits per heavy atom. The first-order chi connectivity index (χ1) is 8.95. The van der Waals surface area contributed by atoms with Crippen LogP contribution in [0.15, 0.2) is 18.2 Å². The van der Waals surface area contributed by atoms with Crippen LogP contribution >= 0.6 is 0 Å². The van der Waals surface area contributed by atoms with E-state index >= 15 is 0 Å². The number of benzene rings is 1. The predicted octanol–water partition coefficient (Wildman–Crippen LogP) is 0.675. The second-order valence-electron chi connectivity index (χ2n) is 4.04. The van der Waals surface area contributed by atoms with E-state index in [-0.39, 0.29) is 23.4 Å². The summed E-state index contributed by atoms with van der Waals surface area (Å²) in [6.45, 7) is 0. The molecule has 8 heteroatoms. The Morgan fingerprint density at radius 2 is 1.84 bits per heavy atom. The Morgan fingerprint density at radius 3 is 2.47 bits per heavy atom. The fourth-order valence-corrected chi connectivity index (χ4v) is 1.37. The van der Waals surface area contributed by atoms with Gasteiger partial charge in [0, 0.05) is 25.8 Å². The maximum atomic E-state index is 9.40. The Hall–Kier alpha value is -2.77. The van der Waals surface area contributed by atoms with Crippen molar-refractivity contribution >= 4 is 23.5 Å². The second kappa shape index (κ2) is 4.84. The van der Waals surface area contributed by atoms with E-state index in [1.54, 1.807) is 25.1 Å². The van der Waals surface area contributed by atoms with E-state index in [2.05, 4.69) is 20.3 Å². The average Bonchev–Trinajstić information content (AvgIpc) is 2.33. The van der Waals surface area contributed by atoms with Crippen LogP contribution < -0.4 is 16.0 Å². The molecule has 1 aromatic heterocycles. The number of hydrogen-bond donors (Lipinski definition) is 4. The van der Waals surface area contributed by atoms with Crippen LogP contribution in [0.1, 0.15) is 0 Å². The maximum Gasteiger partial charge on any atom is 0.233 e. The number of aromatic nitrogens is 3. The van der Waals surface area contributed by atoms with E-state index in [0.717, 1.165) is 0 Å². The van der Waals surface area contributed by atoms with Gasteiger partial charge < -0.3 is 26.2 Å². The molecule has 0 radical (unpaired) electrons. The minimum absolute atomic E-state index is 0.0872. The lowest BCUT2D eigenvalue weighted by molar-refractivity contribution is 0.404. The Labute approximate surface area is 109 Å². The number of aromatic hydroxyl groups is 2. The van der Waals surface area contributed by atoms with Gasteiger partial charge in [-0.05, 0) is 12.1 Å². The zero-order valence-electron chi connectivity index (χ0n) is 10.5. The van der Waals surface area contributed by atoms with Crippen molar-refractivity contribution in [2.45, 2.75) is 0 Å². The van der Waals surface area contributed by atoms with Crippen LogP contribution in [-0.2, 0) is 0 Å². The molecule has 0 aliphatic carbocycles. The molecule has 0 saturated heterocycles. The molecule has 0 spiro atoms. The quantitative estimate of drug-likeness (QED) is 0.470. The average molecular weight is 262 g/mol. The largest absolute Gasteiger partial charge is 0.504 e. The van der Waals surface area contributed by atoms with Crippen LogP contribution in [0.3, 0.4) is 0 Å². The highest BCUT2D eigenvalue weighted by molar-refractivity contribution is 5.60. The molecule has 0 amide bonds. The number of nitrogens with zero attached hydrogens (tertiary/aromatic N) is 4. The summed E-state index contributed by atoms with van der Waals surface area (Å²) in [5, 5.41) is 21.5. The lowest BCUT2D eigenvalue weighted by Gasteiger charge is -2.12. The molecule has 2 rings (SSSR count). The van der Waals surface area contributed by atoms with Gasteiger partial charge in [0.1, 0.15) is 0 Å².